The number of aromatic nitrogens is 1. The number of pyridine rings is 1. The molecule has 0 bridgehead atoms. The van der Waals surface area contributed by atoms with Crippen molar-refractivity contribution in [1.82, 2.24) is 15.6 Å². The van der Waals surface area contributed by atoms with Crippen molar-refractivity contribution in [3.63, 3.8) is 0 Å². The number of nitrogens with one attached hydrogen (secondary N) is 2. The third-order valence-corrected chi connectivity index (χ3v) is 5.42. The number of nitrogens with zero attached hydrogens (tertiary/aromatic N) is 2. The minimum absolute atomic E-state index is 0.215. The number of hydrogen-bond acceptors (Lipinski definition) is 4. The van der Waals surface area contributed by atoms with Crippen LogP contribution in [-0.2, 0) is 11.3 Å². The summed E-state index contributed by atoms with van der Waals surface area (Å²) in [6.07, 6.45) is 2.26. The molecule has 0 saturated carbocycles. The quantitative estimate of drug-likeness (QED) is 0.534. The standard InChI is InChI=1S/C23H30Cl2N4O2/c1-5-29(6-2)21-10-7-16(13-26-21)14-27-23(31)20(11-15(3)4)28-22(30)18-9-8-17(24)12-19(18)25/h7-10,12-13,15,20H,5-6,11,14H2,1-4H3,(H,27,31)(H,28,30). The number of hydrogen-bond donors (Lipinski definition) is 2. The van der Waals surface area contributed by atoms with Crippen molar-refractivity contribution in [1.29, 1.82) is 0 Å². The largest absolute Gasteiger partial charge is 0.357 e. The molecule has 31 heavy (non-hydrogen) atoms. The monoisotopic (exact) mass is 464 g/mol. The zero-order valence-corrected chi connectivity index (χ0v) is 19.9. The molecule has 1 aromatic heterocycles. The van der Waals surface area contributed by atoms with Gasteiger partial charge in [0.15, 0.2) is 0 Å². The Morgan fingerprint density at radius 3 is 2.35 bits per heavy atom. The minimum atomic E-state index is -0.679. The first-order chi connectivity index (χ1) is 14.7. The van der Waals surface area contributed by atoms with E-state index in [1.807, 2.05) is 26.0 Å². The van der Waals surface area contributed by atoms with Crippen LogP contribution in [0, 0.1) is 5.92 Å². The Hall–Kier alpha value is -2.31. The molecule has 168 valence electrons. The first-order valence-corrected chi connectivity index (χ1v) is 11.2. The lowest BCUT2D eigenvalue weighted by Gasteiger charge is -2.21. The van der Waals surface area contributed by atoms with E-state index in [-0.39, 0.29) is 22.4 Å². The molecule has 8 heteroatoms. The van der Waals surface area contributed by atoms with Gasteiger partial charge in [-0.05, 0) is 56.0 Å². The molecule has 1 unspecified atom stereocenters. The average Bonchev–Trinajstić information content (AvgIpc) is 2.72. The number of rotatable bonds is 10. The Balaban J connectivity index is 2.03. The molecule has 2 amide bonds. The molecule has 2 rings (SSSR count). The third-order valence-electron chi connectivity index (χ3n) is 4.87. The van der Waals surface area contributed by atoms with Gasteiger partial charge in [0, 0.05) is 30.9 Å². The van der Waals surface area contributed by atoms with E-state index in [2.05, 4.69) is 34.4 Å². The van der Waals surface area contributed by atoms with Gasteiger partial charge in [-0.1, -0.05) is 43.1 Å². The van der Waals surface area contributed by atoms with Gasteiger partial charge in [-0.15, -0.1) is 0 Å². The molecule has 0 radical (unpaired) electrons. The summed E-state index contributed by atoms with van der Waals surface area (Å²) < 4.78 is 0. The summed E-state index contributed by atoms with van der Waals surface area (Å²) in [5, 5.41) is 6.39. The van der Waals surface area contributed by atoms with E-state index in [1.165, 1.54) is 6.07 Å². The minimum Gasteiger partial charge on any atom is -0.357 e. The van der Waals surface area contributed by atoms with Gasteiger partial charge in [0.25, 0.3) is 5.91 Å². The summed E-state index contributed by atoms with van der Waals surface area (Å²) in [6.45, 7) is 10.3. The van der Waals surface area contributed by atoms with Crippen LogP contribution in [0.1, 0.15) is 50.0 Å². The lowest BCUT2D eigenvalue weighted by molar-refractivity contribution is -0.123. The number of benzene rings is 1. The molecule has 2 aromatic rings. The maximum absolute atomic E-state index is 12.8. The molecule has 2 N–H and O–H groups in total. The van der Waals surface area contributed by atoms with E-state index in [1.54, 1.807) is 18.3 Å². The van der Waals surface area contributed by atoms with Crippen molar-refractivity contribution < 1.29 is 9.59 Å². The predicted molar refractivity (Wildman–Crippen MR) is 127 cm³/mol. The van der Waals surface area contributed by atoms with E-state index in [4.69, 9.17) is 23.2 Å². The van der Waals surface area contributed by atoms with E-state index in [9.17, 15) is 9.59 Å². The average molecular weight is 465 g/mol. The van der Waals surface area contributed by atoms with Crippen molar-refractivity contribution >= 4 is 40.8 Å². The highest BCUT2D eigenvalue weighted by molar-refractivity contribution is 6.36. The zero-order valence-electron chi connectivity index (χ0n) is 18.4. The van der Waals surface area contributed by atoms with Crippen molar-refractivity contribution in [3.05, 3.63) is 57.7 Å². The number of amides is 2. The fraction of sp³-hybridized carbons (Fsp3) is 0.435. The summed E-state index contributed by atoms with van der Waals surface area (Å²) in [5.41, 5.74) is 1.17. The highest BCUT2D eigenvalue weighted by atomic mass is 35.5. The lowest BCUT2D eigenvalue weighted by Crippen LogP contribution is -2.47. The molecule has 6 nitrogen and oxygen atoms in total. The van der Waals surface area contributed by atoms with Crippen molar-refractivity contribution in [3.8, 4) is 0 Å². The van der Waals surface area contributed by atoms with Crippen LogP contribution in [0.4, 0.5) is 5.82 Å². The summed E-state index contributed by atoms with van der Waals surface area (Å²) in [7, 11) is 0. The van der Waals surface area contributed by atoms with Gasteiger partial charge in [0.2, 0.25) is 5.91 Å². The molecular weight excluding hydrogens is 435 g/mol. The molecule has 0 saturated heterocycles. The van der Waals surface area contributed by atoms with E-state index in [0.29, 0.717) is 18.0 Å². The second-order valence-corrected chi connectivity index (χ2v) is 8.54. The second-order valence-electron chi connectivity index (χ2n) is 7.69. The topological polar surface area (TPSA) is 74.3 Å². The van der Waals surface area contributed by atoms with Gasteiger partial charge in [-0.3, -0.25) is 9.59 Å². The molecule has 0 spiro atoms. The summed E-state index contributed by atoms with van der Waals surface area (Å²) in [5.74, 6) is 0.462. The maximum Gasteiger partial charge on any atom is 0.253 e. The van der Waals surface area contributed by atoms with Gasteiger partial charge >= 0.3 is 0 Å². The van der Waals surface area contributed by atoms with Crippen LogP contribution < -0.4 is 15.5 Å². The van der Waals surface area contributed by atoms with Crippen molar-refractivity contribution in [2.75, 3.05) is 18.0 Å². The molecule has 0 aliphatic heterocycles. The Labute approximate surface area is 194 Å². The highest BCUT2D eigenvalue weighted by Gasteiger charge is 2.23. The third kappa shape index (κ3) is 7.40. The number of carbonyl (C=O) groups is 2. The maximum atomic E-state index is 12.8. The number of halogens is 2. The molecular formula is C23H30Cl2N4O2. The first-order valence-electron chi connectivity index (χ1n) is 10.5. The Bertz CT molecular complexity index is 884. The van der Waals surface area contributed by atoms with Crippen LogP contribution in [0.15, 0.2) is 36.5 Å². The van der Waals surface area contributed by atoms with Gasteiger partial charge in [-0.2, -0.15) is 0 Å². The van der Waals surface area contributed by atoms with E-state index >= 15 is 0 Å². The molecule has 0 aliphatic carbocycles. The fourth-order valence-corrected chi connectivity index (χ4v) is 3.68. The highest BCUT2D eigenvalue weighted by Crippen LogP contribution is 2.21. The first kappa shape index (κ1) is 25.0. The van der Waals surface area contributed by atoms with Crippen LogP contribution in [0.5, 0.6) is 0 Å². The molecule has 0 aliphatic rings. The molecule has 1 aromatic carbocycles. The van der Waals surface area contributed by atoms with Gasteiger partial charge in [-0.25, -0.2) is 4.98 Å². The van der Waals surface area contributed by atoms with Crippen LogP contribution in [0.3, 0.4) is 0 Å². The SMILES string of the molecule is CCN(CC)c1ccc(CNC(=O)C(CC(C)C)NC(=O)c2ccc(Cl)cc2Cl)cn1. The lowest BCUT2D eigenvalue weighted by atomic mass is 10.0. The van der Waals surface area contributed by atoms with Gasteiger partial charge in [0.05, 0.1) is 10.6 Å². The van der Waals surface area contributed by atoms with Crippen molar-refractivity contribution in [2.24, 2.45) is 5.92 Å². The predicted octanol–water partition coefficient (Wildman–Crippen LogP) is 4.70. The Morgan fingerprint density at radius 2 is 1.81 bits per heavy atom. The molecule has 0 fully saturated rings. The smallest absolute Gasteiger partial charge is 0.253 e. The second kappa shape index (κ2) is 11.9. The Morgan fingerprint density at radius 1 is 1.10 bits per heavy atom. The van der Waals surface area contributed by atoms with Crippen LogP contribution in [0.25, 0.3) is 0 Å². The normalized spacial score (nSPS) is 11.8. The molecule has 1 heterocycles. The van der Waals surface area contributed by atoms with Gasteiger partial charge in [0.1, 0.15) is 11.9 Å². The summed E-state index contributed by atoms with van der Waals surface area (Å²) in [6, 6.07) is 7.86. The number of carbonyl (C=O) groups excluding carboxylic acids is 2. The van der Waals surface area contributed by atoms with E-state index in [0.717, 1.165) is 24.5 Å². The van der Waals surface area contributed by atoms with E-state index < -0.39 is 11.9 Å². The Kier molecular flexibility index (Phi) is 9.59. The summed E-state index contributed by atoms with van der Waals surface area (Å²) in [4.78, 5) is 32.1. The molecule has 1 atom stereocenters. The summed E-state index contributed by atoms with van der Waals surface area (Å²) >= 11 is 12.0. The fourth-order valence-electron chi connectivity index (χ4n) is 3.18. The van der Waals surface area contributed by atoms with Crippen LogP contribution >= 0.6 is 23.2 Å². The van der Waals surface area contributed by atoms with Crippen LogP contribution in [0.2, 0.25) is 10.0 Å². The zero-order chi connectivity index (χ0) is 23.0. The van der Waals surface area contributed by atoms with Crippen LogP contribution in [-0.4, -0.2) is 35.9 Å². The van der Waals surface area contributed by atoms with Crippen molar-refractivity contribution in [2.45, 2.75) is 46.7 Å². The number of anilines is 1. The van der Waals surface area contributed by atoms with Gasteiger partial charge < -0.3 is 15.5 Å².